The van der Waals surface area contributed by atoms with E-state index in [2.05, 4.69) is 40.4 Å². The van der Waals surface area contributed by atoms with Crippen molar-refractivity contribution in [3.8, 4) is 0 Å². The Hall–Kier alpha value is -1.94. The zero-order valence-electron chi connectivity index (χ0n) is 10.00. The first kappa shape index (κ1) is 11.2. The van der Waals surface area contributed by atoms with E-state index in [1.54, 1.807) is 11.3 Å². The Labute approximate surface area is 110 Å². The standard InChI is InChI=1S/C14H13N3S/c1-10(14-16-8-9-18-14)17-12-6-2-4-11-5-3-7-15-13(11)12/h2-10,17H,1H3. The van der Waals surface area contributed by atoms with Crippen molar-refractivity contribution in [3.05, 3.63) is 53.1 Å². The number of anilines is 1. The quantitative estimate of drug-likeness (QED) is 0.772. The van der Waals surface area contributed by atoms with Crippen LogP contribution in [0.25, 0.3) is 10.9 Å². The minimum Gasteiger partial charge on any atom is -0.374 e. The summed E-state index contributed by atoms with van der Waals surface area (Å²) in [6.45, 7) is 2.11. The number of nitrogens with zero attached hydrogens (tertiary/aromatic N) is 2. The molecule has 1 atom stereocenters. The van der Waals surface area contributed by atoms with Gasteiger partial charge in [0, 0.05) is 23.2 Å². The van der Waals surface area contributed by atoms with Crippen LogP contribution in [0.2, 0.25) is 0 Å². The third-order valence-corrected chi connectivity index (χ3v) is 3.78. The smallest absolute Gasteiger partial charge is 0.115 e. The number of nitrogens with one attached hydrogen (secondary N) is 1. The predicted molar refractivity (Wildman–Crippen MR) is 75.9 cm³/mol. The molecule has 3 nitrogen and oxygen atoms in total. The molecule has 1 aromatic carbocycles. The van der Waals surface area contributed by atoms with Crippen molar-refractivity contribution >= 4 is 27.9 Å². The second kappa shape index (κ2) is 4.74. The Bertz CT molecular complexity index is 644. The van der Waals surface area contributed by atoms with Crippen molar-refractivity contribution < 1.29 is 0 Å². The van der Waals surface area contributed by atoms with Crippen molar-refractivity contribution in [2.75, 3.05) is 5.32 Å². The van der Waals surface area contributed by atoms with Gasteiger partial charge in [0.1, 0.15) is 5.01 Å². The average Bonchev–Trinajstić information content (AvgIpc) is 2.93. The number of rotatable bonds is 3. The van der Waals surface area contributed by atoms with Gasteiger partial charge in [-0.1, -0.05) is 18.2 Å². The van der Waals surface area contributed by atoms with Crippen LogP contribution in [0.5, 0.6) is 0 Å². The van der Waals surface area contributed by atoms with E-state index in [1.165, 1.54) is 0 Å². The lowest BCUT2D eigenvalue weighted by atomic mass is 10.2. The molecular weight excluding hydrogens is 242 g/mol. The molecule has 0 saturated heterocycles. The molecule has 0 aliphatic carbocycles. The molecule has 0 saturated carbocycles. The molecule has 90 valence electrons. The molecule has 18 heavy (non-hydrogen) atoms. The maximum atomic E-state index is 4.44. The summed E-state index contributed by atoms with van der Waals surface area (Å²) in [7, 11) is 0. The third-order valence-electron chi connectivity index (χ3n) is 2.83. The largest absolute Gasteiger partial charge is 0.374 e. The monoisotopic (exact) mass is 255 g/mol. The topological polar surface area (TPSA) is 37.8 Å². The highest BCUT2D eigenvalue weighted by Gasteiger charge is 2.09. The van der Waals surface area contributed by atoms with Crippen LogP contribution < -0.4 is 5.32 Å². The fourth-order valence-electron chi connectivity index (χ4n) is 1.96. The van der Waals surface area contributed by atoms with Gasteiger partial charge in [-0.15, -0.1) is 11.3 Å². The van der Waals surface area contributed by atoms with Gasteiger partial charge in [-0.25, -0.2) is 4.98 Å². The summed E-state index contributed by atoms with van der Waals surface area (Å²) in [5.74, 6) is 0. The highest BCUT2D eigenvalue weighted by atomic mass is 32.1. The number of hydrogen-bond donors (Lipinski definition) is 1. The molecule has 2 heterocycles. The minimum absolute atomic E-state index is 0.192. The lowest BCUT2D eigenvalue weighted by Crippen LogP contribution is -2.06. The van der Waals surface area contributed by atoms with Gasteiger partial charge in [0.15, 0.2) is 0 Å². The first-order chi connectivity index (χ1) is 8.84. The highest BCUT2D eigenvalue weighted by Crippen LogP contribution is 2.25. The molecule has 3 aromatic rings. The maximum Gasteiger partial charge on any atom is 0.115 e. The van der Waals surface area contributed by atoms with Crippen LogP contribution in [0.3, 0.4) is 0 Å². The Morgan fingerprint density at radius 3 is 2.83 bits per heavy atom. The number of fused-ring (bicyclic) bond motifs is 1. The fraction of sp³-hybridized carbons (Fsp3) is 0.143. The van der Waals surface area contributed by atoms with Crippen LogP contribution in [0.15, 0.2) is 48.1 Å². The number of para-hydroxylation sites is 1. The predicted octanol–water partition coefficient (Wildman–Crippen LogP) is 3.86. The third kappa shape index (κ3) is 2.07. The average molecular weight is 255 g/mol. The molecule has 0 amide bonds. The number of benzene rings is 1. The second-order valence-electron chi connectivity index (χ2n) is 4.12. The summed E-state index contributed by atoms with van der Waals surface area (Å²) < 4.78 is 0. The molecule has 3 rings (SSSR count). The number of thiazole rings is 1. The van der Waals surface area contributed by atoms with E-state index in [1.807, 2.05) is 29.9 Å². The van der Waals surface area contributed by atoms with Gasteiger partial charge < -0.3 is 5.32 Å². The van der Waals surface area contributed by atoms with E-state index in [0.717, 1.165) is 21.6 Å². The van der Waals surface area contributed by atoms with Crippen molar-refractivity contribution in [1.82, 2.24) is 9.97 Å². The van der Waals surface area contributed by atoms with E-state index >= 15 is 0 Å². The zero-order chi connectivity index (χ0) is 12.4. The molecule has 0 spiro atoms. The van der Waals surface area contributed by atoms with Crippen molar-refractivity contribution in [1.29, 1.82) is 0 Å². The van der Waals surface area contributed by atoms with Gasteiger partial charge >= 0.3 is 0 Å². The summed E-state index contributed by atoms with van der Waals surface area (Å²) in [5, 5.41) is 7.70. The van der Waals surface area contributed by atoms with Gasteiger partial charge in [-0.05, 0) is 19.1 Å². The first-order valence-electron chi connectivity index (χ1n) is 5.84. The molecule has 0 aliphatic rings. The van der Waals surface area contributed by atoms with Gasteiger partial charge in [-0.3, -0.25) is 4.98 Å². The Morgan fingerprint density at radius 1 is 1.11 bits per heavy atom. The molecule has 1 unspecified atom stereocenters. The molecule has 0 bridgehead atoms. The number of hydrogen-bond acceptors (Lipinski definition) is 4. The second-order valence-corrected chi connectivity index (χ2v) is 5.04. The van der Waals surface area contributed by atoms with Gasteiger partial charge in [0.05, 0.1) is 17.2 Å². The van der Waals surface area contributed by atoms with E-state index in [-0.39, 0.29) is 6.04 Å². The molecule has 2 aromatic heterocycles. The van der Waals surface area contributed by atoms with Gasteiger partial charge in [0.2, 0.25) is 0 Å². The Kier molecular flexibility index (Phi) is 2.94. The SMILES string of the molecule is CC(Nc1cccc2cccnc12)c1nccs1. The van der Waals surface area contributed by atoms with E-state index < -0.39 is 0 Å². The Balaban J connectivity index is 1.95. The van der Waals surface area contributed by atoms with Crippen molar-refractivity contribution in [2.45, 2.75) is 13.0 Å². The van der Waals surface area contributed by atoms with Crippen molar-refractivity contribution in [2.24, 2.45) is 0 Å². The van der Waals surface area contributed by atoms with E-state index in [9.17, 15) is 0 Å². The fourth-order valence-corrected chi connectivity index (χ4v) is 2.61. The first-order valence-corrected chi connectivity index (χ1v) is 6.72. The van der Waals surface area contributed by atoms with Crippen LogP contribution in [0, 0.1) is 0 Å². The van der Waals surface area contributed by atoms with Gasteiger partial charge in [0.25, 0.3) is 0 Å². The summed E-state index contributed by atoms with van der Waals surface area (Å²) in [4.78, 5) is 8.76. The number of pyridine rings is 1. The highest BCUT2D eigenvalue weighted by molar-refractivity contribution is 7.09. The molecule has 4 heteroatoms. The summed E-state index contributed by atoms with van der Waals surface area (Å²) in [5.41, 5.74) is 2.05. The molecule has 0 fully saturated rings. The lowest BCUT2D eigenvalue weighted by molar-refractivity contribution is 0.871. The van der Waals surface area contributed by atoms with Crippen LogP contribution in [0.4, 0.5) is 5.69 Å². The zero-order valence-corrected chi connectivity index (χ0v) is 10.8. The van der Waals surface area contributed by atoms with Gasteiger partial charge in [-0.2, -0.15) is 0 Å². The number of aromatic nitrogens is 2. The molecule has 0 radical (unpaired) electrons. The lowest BCUT2D eigenvalue weighted by Gasteiger charge is -2.14. The van der Waals surface area contributed by atoms with E-state index in [4.69, 9.17) is 0 Å². The Morgan fingerprint density at radius 2 is 2.00 bits per heavy atom. The van der Waals surface area contributed by atoms with Crippen LogP contribution >= 0.6 is 11.3 Å². The van der Waals surface area contributed by atoms with Crippen LogP contribution in [-0.4, -0.2) is 9.97 Å². The van der Waals surface area contributed by atoms with Crippen molar-refractivity contribution in [3.63, 3.8) is 0 Å². The summed E-state index contributed by atoms with van der Waals surface area (Å²) in [6, 6.07) is 10.4. The normalized spacial score (nSPS) is 12.5. The molecule has 1 N–H and O–H groups in total. The van der Waals surface area contributed by atoms with Crippen LogP contribution in [0.1, 0.15) is 18.0 Å². The molecular formula is C14H13N3S. The van der Waals surface area contributed by atoms with E-state index in [0.29, 0.717) is 0 Å². The minimum atomic E-state index is 0.192. The summed E-state index contributed by atoms with van der Waals surface area (Å²) in [6.07, 6.45) is 3.65. The summed E-state index contributed by atoms with van der Waals surface area (Å²) >= 11 is 1.66. The molecule has 0 aliphatic heterocycles. The maximum absolute atomic E-state index is 4.44. The van der Waals surface area contributed by atoms with Crippen LogP contribution in [-0.2, 0) is 0 Å².